The highest BCUT2D eigenvalue weighted by molar-refractivity contribution is 5.90. The molecule has 1 amide bonds. The van der Waals surface area contributed by atoms with Crippen LogP contribution in [0.3, 0.4) is 0 Å². The van der Waals surface area contributed by atoms with E-state index in [2.05, 4.69) is 13.5 Å². The van der Waals surface area contributed by atoms with Gasteiger partial charge in [0.2, 0.25) is 0 Å². The third-order valence-corrected chi connectivity index (χ3v) is 3.99. The largest absolute Gasteiger partial charge is 0.353 e. The highest BCUT2D eigenvalue weighted by Crippen LogP contribution is 2.33. The Morgan fingerprint density at radius 3 is 2.74 bits per heavy atom. The predicted octanol–water partition coefficient (Wildman–Crippen LogP) is 3.20. The molecular formula is C15H21FN2O. The van der Waals surface area contributed by atoms with E-state index in [1.807, 2.05) is 29.9 Å². The summed E-state index contributed by atoms with van der Waals surface area (Å²) in [6.45, 7) is 5.93. The zero-order chi connectivity index (χ0) is 14.0. The molecule has 0 saturated carbocycles. The minimum absolute atomic E-state index is 0.0510. The van der Waals surface area contributed by atoms with Gasteiger partial charge in [0.15, 0.2) is 5.83 Å². The lowest BCUT2D eigenvalue weighted by Crippen LogP contribution is -2.35. The van der Waals surface area contributed by atoms with Gasteiger partial charge in [-0.15, -0.1) is 0 Å². The number of amides is 1. The summed E-state index contributed by atoms with van der Waals surface area (Å²) in [6, 6.07) is 3.91. The molecule has 1 fully saturated rings. The van der Waals surface area contributed by atoms with Crippen LogP contribution in [0.2, 0.25) is 0 Å². The number of halogens is 1. The predicted molar refractivity (Wildman–Crippen MR) is 73.1 cm³/mol. The molecule has 1 aliphatic rings. The van der Waals surface area contributed by atoms with Gasteiger partial charge in [-0.1, -0.05) is 13.5 Å². The minimum atomic E-state index is -0.867. The van der Waals surface area contributed by atoms with Crippen LogP contribution in [0.4, 0.5) is 4.39 Å². The molecule has 0 bridgehead atoms. The number of aromatic nitrogens is 1. The van der Waals surface area contributed by atoms with Gasteiger partial charge >= 0.3 is 0 Å². The van der Waals surface area contributed by atoms with Crippen LogP contribution in [0.15, 0.2) is 30.7 Å². The average molecular weight is 264 g/mol. The fraction of sp³-hybridized carbons (Fsp3) is 0.533. The fourth-order valence-electron chi connectivity index (χ4n) is 2.78. The molecular weight excluding hydrogens is 243 g/mol. The third kappa shape index (κ3) is 2.88. The number of carbonyl (C=O) groups excluding carboxylic acids is 1. The van der Waals surface area contributed by atoms with Crippen molar-refractivity contribution < 1.29 is 9.18 Å². The quantitative estimate of drug-likeness (QED) is 0.753. The summed E-state index contributed by atoms with van der Waals surface area (Å²) in [5.74, 6) is -0.873. The molecule has 0 aliphatic carbocycles. The second kappa shape index (κ2) is 5.59. The Kier molecular flexibility index (Phi) is 4.08. The molecule has 4 heteroatoms. The molecule has 0 N–H and O–H groups in total. The second-order valence-electron chi connectivity index (χ2n) is 5.43. The van der Waals surface area contributed by atoms with Crippen molar-refractivity contribution in [3.63, 3.8) is 0 Å². The van der Waals surface area contributed by atoms with Gasteiger partial charge in [0.1, 0.15) is 0 Å². The van der Waals surface area contributed by atoms with Crippen molar-refractivity contribution in [3.8, 4) is 0 Å². The van der Waals surface area contributed by atoms with Crippen LogP contribution in [0.25, 0.3) is 0 Å². The van der Waals surface area contributed by atoms with Crippen molar-refractivity contribution in [2.24, 2.45) is 13.0 Å². The van der Waals surface area contributed by atoms with E-state index in [1.54, 1.807) is 4.90 Å². The van der Waals surface area contributed by atoms with E-state index in [4.69, 9.17) is 0 Å². The number of hydrogen-bond acceptors (Lipinski definition) is 1. The summed E-state index contributed by atoms with van der Waals surface area (Å²) in [5.41, 5.74) is 1.06. The summed E-state index contributed by atoms with van der Waals surface area (Å²) < 4.78 is 15.2. The summed E-state index contributed by atoms with van der Waals surface area (Å²) in [7, 11) is 1.95. The smallest absolute Gasteiger partial charge is 0.282 e. The van der Waals surface area contributed by atoms with Crippen molar-refractivity contribution >= 4 is 5.91 Å². The van der Waals surface area contributed by atoms with E-state index in [1.165, 1.54) is 0 Å². The molecule has 0 radical (unpaired) electrons. The number of hydrogen-bond donors (Lipinski definition) is 0. The van der Waals surface area contributed by atoms with Gasteiger partial charge in [-0.05, 0) is 37.3 Å². The Labute approximate surface area is 113 Å². The number of likely N-dealkylation sites (tertiary alicyclic amines) is 1. The first-order valence-electron chi connectivity index (χ1n) is 6.77. The van der Waals surface area contributed by atoms with Crippen LogP contribution < -0.4 is 0 Å². The van der Waals surface area contributed by atoms with E-state index in [0.717, 1.165) is 25.0 Å². The van der Waals surface area contributed by atoms with Crippen LogP contribution in [0, 0.1) is 5.92 Å². The molecule has 2 atom stereocenters. The van der Waals surface area contributed by atoms with Gasteiger partial charge in [-0.2, -0.15) is 0 Å². The van der Waals surface area contributed by atoms with Crippen LogP contribution >= 0.6 is 0 Å². The lowest BCUT2D eigenvalue weighted by atomic mass is 10.0. The number of rotatable bonds is 2. The number of carbonyl (C=O) groups is 1. The Bertz CT molecular complexity index is 480. The van der Waals surface area contributed by atoms with Crippen molar-refractivity contribution in [3.05, 3.63) is 36.4 Å². The Balaban J connectivity index is 2.32. The zero-order valence-corrected chi connectivity index (χ0v) is 11.6. The van der Waals surface area contributed by atoms with Crippen LogP contribution in [-0.4, -0.2) is 21.9 Å². The van der Waals surface area contributed by atoms with E-state index < -0.39 is 11.7 Å². The second-order valence-corrected chi connectivity index (χ2v) is 5.43. The standard InChI is InChI=1S/C15H21FN2O/c1-11-6-7-14(13-5-4-9-17(13)3)18(10-8-11)15(19)12(2)16/h4-5,9,11,14H,2,6-8,10H2,1,3H3. The lowest BCUT2D eigenvalue weighted by Gasteiger charge is -2.30. The SMILES string of the molecule is C=C(F)C(=O)N1CCC(C)CCC1c1cccn1C. The van der Waals surface area contributed by atoms with Gasteiger partial charge in [-0.3, -0.25) is 4.79 Å². The average Bonchev–Trinajstić information content (AvgIpc) is 2.68. The van der Waals surface area contributed by atoms with E-state index in [0.29, 0.717) is 12.5 Å². The molecule has 2 heterocycles. The Morgan fingerprint density at radius 1 is 1.42 bits per heavy atom. The summed E-state index contributed by atoms with van der Waals surface area (Å²) in [5, 5.41) is 0. The van der Waals surface area contributed by atoms with Crippen molar-refractivity contribution in [2.45, 2.75) is 32.2 Å². The zero-order valence-electron chi connectivity index (χ0n) is 11.6. The molecule has 1 saturated heterocycles. The molecule has 19 heavy (non-hydrogen) atoms. The van der Waals surface area contributed by atoms with Crippen LogP contribution in [0.5, 0.6) is 0 Å². The summed E-state index contributed by atoms with van der Waals surface area (Å²) >= 11 is 0. The van der Waals surface area contributed by atoms with Crippen molar-refractivity contribution in [2.75, 3.05) is 6.54 Å². The highest BCUT2D eigenvalue weighted by atomic mass is 19.1. The summed E-state index contributed by atoms with van der Waals surface area (Å²) in [6.07, 6.45) is 4.80. The molecule has 1 aromatic rings. The maximum absolute atomic E-state index is 13.2. The molecule has 2 rings (SSSR count). The third-order valence-electron chi connectivity index (χ3n) is 3.99. The minimum Gasteiger partial charge on any atom is -0.353 e. The van der Waals surface area contributed by atoms with E-state index >= 15 is 0 Å². The monoisotopic (exact) mass is 264 g/mol. The topological polar surface area (TPSA) is 25.2 Å². The maximum atomic E-state index is 13.2. The van der Waals surface area contributed by atoms with Gasteiger partial charge in [0.05, 0.1) is 6.04 Å². The molecule has 1 aliphatic heterocycles. The normalized spacial score (nSPS) is 24.1. The molecule has 104 valence electrons. The molecule has 3 nitrogen and oxygen atoms in total. The van der Waals surface area contributed by atoms with Gasteiger partial charge in [0.25, 0.3) is 5.91 Å². The fourth-order valence-corrected chi connectivity index (χ4v) is 2.78. The first kappa shape index (κ1) is 13.8. The van der Waals surface area contributed by atoms with E-state index in [-0.39, 0.29) is 6.04 Å². The van der Waals surface area contributed by atoms with Crippen LogP contribution in [-0.2, 0) is 11.8 Å². The van der Waals surface area contributed by atoms with Gasteiger partial charge in [0, 0.05) is 25.5 Å². The van der Waals surface area contributed by atoms with Gasteiger partial charge < -0.3 is 9.47 Å². The Hall–Kier alpha value is -1.58. The molecule has 0 spiro atoms. The highest BCUT2D eigenvalue weighted by Gasteiger charge is 2.31. The maximum Gasteiger partial charge on any atom is 0.282 e. The lowest BCUT2D eigenvalue weighted by molar-refractivity contribution is -0.131. The van der Waals surface area contributed by atoms with Crippen molar-refractivity contribution in [1.82, 2.24) is 9.47 Å². The Morgan fingerprint density at radius 2 is 2.16 bits per heavy atom. The first-order valence-corrected chi connectivity index (χ1v) is 6.77. The number of nitrogens with zero attached hydrogens (tertiary/aromatic N) is 2. The number of aryl methyl sites for hydroxylation is 1. The first-order chi connectivity index (χ1) is 9.00. The van der Waals surface area contributed by atoms with Crippen LogP contribution in [0.1, 0.15) is 37.9 Å². The summed E-state index contributed by atoms with van der Waals surface area (Å²) in [4.78, 5) is 13.7. The molecule has 0 aromatic carbocycles. The molecule has 2 unspecified atom stereocenters. The molecule has 1 aromatic heterocycles. The van der Waals surface area contributed by atoms with E-state index in [9.17, 15) is 9.18 Å². The van der Waals surface area contributed by atoms with Crippen molar-refractivity contribution in [1.29, 1.82) is 0 Å². The van der Waals surface area contributed by atoms with Gasteiger partial charge in [-0.25, -0.2) is 4.39 Å².